The van der Waals surface area contributed by atoms with Gasteiger partial charge in [-0.05, 0) is 18.1 Å². The average Bonchev–Trinajstić information content (AvgIpc) is 2.43. The molecule has 0 saturated heterocycles. The molecule has 0 N–H and O–H groups in total. The Labute approximate surface area is 126 Å². The molecule has 5 nitrogen and oxygen atoms in total. The van der Waals surface area contributed by atoms with Gasteiger partial charge in [-0.15, -0.1) is 11.6 Å². The van der Waals surface area contributed by atoms with Gasteiger partial charge >= 0.3 is 0 Å². The van der Waals surface area contributed by atoms with E-state index in [0.717, 1.165) is 0 Å². The van der Waals surface area contributed by atoms with Crippen LogP contribution in [0.4, 0.5) is 0 Å². The van der Waals surface area contributed by atoms with E-state index < -0.39 is 10.0 Å². The summed E-state index contributed by atoms with van der Waals surface area (Å²) in [5, 5.41) is 0. The van der Waals surface area contributed by atoms with Crippen LogP contribution < -0.4 is 0 Å². The number of hydrogen-bond acceptors (Lipinski definition) is 4. The van der Waals surface area contributed by atoms with Gasteiger partial charge in [0, 0.05) is 25.7 Å². The van der Waals surface area contributed by atoms with Crippen molar-refractivity contribution >= 4 is 21.6 Å². The highest BCUT2D eigenvalue weighted by molar-refractivity contribution is 7.89. The minimum atomic E-state index is -3.38. The van der Waals surface area contributed by atoms with Crippen LogP contribution in [-0.2, 0) is 21.3 Å². The molecule has 0 radical (unpaired) electrons. The van der Waals surface area contributed by atoms with Crippen molar-refractivity contribution < 1.29 is 13.2 Å². The fourth-order valence-electron chi connectivity index (χ4n) is 1.69. The van der Waals surface area contributed by atoms with Gasteiger partial charge in [0.2, 0.25) is 10.0 Å². The van der Waals surface area contributed by atoms with E-state index in [9.17, 15) is 8.42 Å². The van der Waals surface area contributed by atoms with Gasteiger partial charge in [0.1, 0.15) is 0 Å². The molecule has 1 heterocycles. The van der Waals surface area contributed by atoms with E-state index in [4.69, 9.17) is 16.3 Å². The summed E-state index contributed by atoms with van der Waals surface area (Å²) in [6.07, 6.45) is 1.65. The van der Waals surface area contributed by atoms with E-state index in [1.165, 1.54) is 4.31 Å². The van der Waals surface area contributed by atoms with Crippen molar-refractivity contribution in [2.24, 2.45) is 5.92 Å². The summed E-state index contributed by atoms with van der Waals surface area (Å²) in [6, 6.07) is 5.44. The molecule has 20 heavy (non-hydrogen) atoms. The number of nitrogens with zero attached hydrogens (tertiary/aromatic N) is 2. The minimum absolute atomic E-state index is 0.0348. The maximum atomic E-state index is 12.4. The highest BCUT2D eigenvalue weighted by atomic mass is 35.5. The van der Waals surface area contributed by atoms with Crippen molar-refractivity contribution in [2.75, 3.05) is 31.9 Å². The number of hydrogen-bond donors (Lipinski definition) is 0. The van der Waals surface area contributed by atoms with Crippen LogP contribution in [0.5, 0.6) is 0 Å². The maximum absolute atomic E-state index is 12.4. The zero-order chi connectivity index (χ0) is 15.0. The van der Waals surface area contributed by atoms with Crippen LogP contribution >= 0.6 is 11.6 Å². The molecule has 1 rings (SSSR count). The number of rotatable bonds is 9. The van der Waals surface area contributed by atoms with Gasteiger partial charge in [0.25, 0.3) is 0 Å². The molecule has 0 saturated carbocycles. The van der Waals surface area contributed by atoms with E-state index >= 15 is 0 Å². The quantitative estimate of drug-likeness (QED) is 0.650. The van der Waals surface area contributed by atoms with E-state index in [1.807, 2.05) is 13.0 Å². The zero-order valence-electron chi connectivity index (χ0n) is 11.8. The predicted molar refractivity (Wildman–Crippen MR) is 80.2 cm³/mol. The van der Waals surface area contributed by atoms with E-state index in [2.05, 4.69) is 4.98 Å². The highest BCUT2D eigenvalue weighted by Crippen LogP contribution is 2.12. The molecule has 114 valence electrons. The van der Waals surface area contributed by atoms with Crippen LogP contribution in [0.15, 0.2) is 24.4 Å². The molecule has 0 aliphatic heterocycles. The van der Waals surface area contributed by atoms with Gasteiger partial charge in [-0.3, -0.25) is 4.98 Å². The first-order chi connectivity index (χ1) is 9.49. The second-order valence-corrected chi connectivity index (χ2v) is 7.01. The van der Waals surface area contributed by atoms with Gasteiger partial charge in [0.05, 0.1) is 24.6 Å². The third-order valence-electron chi connectivity index (χ3n) is 2.76. The lowest BCUT2D eigenvalue weighted by atomic mass is 10.3. The van der Waals surface area contributed by atoms with Crippen LogP contribution in [0, 0.1) is 5.92 Å². The van der Waals surface area contributed by atoms with Crippen molar-refractivity contribution in [2.45, 2.75) is 13.5 Å². The van der Waals surface area contributed by atoms with Crippen LogP contribution in [-0.4, -0.2) is 49.6 Å². The summed E-state index contributed by atoms with van der Waals surface area (Å²) in [5.74, 6) is 0.268. The molecular formula is C13H21ClN2O3S. The lowest BCUT2D eigenvalue weighted by Crippen LogP contribution is -2.37. The molecule has 1 atom stereocenters. The Kier molecular flexibility index (Phi) is 7.43. The molecule has 0 fully saturated rings. The van der Waals surface area contributed by atoms with Gasteiger partial charge in [0.15, 0.2) is 0 Å². The van der Waals surface area contributed by atoms with E-state index in [-0.39, 0.29) is 18.2 Å². The molecule has 1 aromatic heterocycles. The van der Waals surface area contributed by atoms with Gasteiger partial charge in [-0.25, -0.2) is 8.42 Å². The molecular weight excluding hydrogens is 300 g/mol. The lowest BCUT2D eigenvalue weighted by molar-refractivity contribution is 0.177. The molecule has 0 aliphatic rings. The number of methoxy groups -OCH3 is 1. The number of sulfonamides is 1. The second-order valence-electron chi connectivity index (χ2n) is 4.69. The molecule has 0 amide bonds. The van der Waals surface area contributed by atoms with Crippen LogP contribution in [0.2, 0.25) is 0 Å². The summed E-state index contributed by atoms with van der Waals surface area (Å²) in [6.45, 7) is 2.73. The molecule has 0 bridgehead atoms. The maximum Gasteiger partial charge on any atom is 0.214 e. The van der Waals surface area contributed by atoms with Crippen LogP contribution in [0.25, 0.3) is 0 Å². The number of halogens is 1. The smallest absolute Gasteiger partial charge is 0.214 e. The number of alkyl halides is 1. The standard InChI is InChI=1S/C13H21ClN2O3S/c1-12(9-14)11-20(17,18)16(7-8-19-2)10-13-5-3-4-6-15-13/h3-6,12H,7-11H2,1-2H3. The summed E-state index contributed by atoms with van der Waals surface area (Å²) in [4.78, 5) is 4.17. The fourth-order valence-corrected chi connectivity index (χ4v) is 3.66. The Balaban J connectivity index is 2.82. The monoisotopic (exact) mass is 320 g/mol. The van der Waals surface area contributed by atoms with E-state index in [1.54, 1.807) is 25.4 Å². The Hall–Kier alpha value is -0.690. The second kappa shape index (κ2) is 8.56. The van der Waals surface area contributed by atoms with Gasteiger partial charge < -0.3 is 4.74 Å². The SMILES string of the molecule is COCCN(Cc1ccccn1)S(=O)(=O)CC(C)CCl. The first kappa shape index (κ1) is 17.4. The predicted octanol–water partition coefficient (Wildman–Crippen LogP) is 1.73. The number of aromatic nitrogens is 1. The largest absolute Gasteiger partial charge is 0.383 e. The Morgan fingerprint density at radius 2 is 2.20 bits per heavy atom. The summed E-state index contributed by atoms with van der Waals surface area (Å²) in [5.41, 5.74) is 0.714. The Morgan fingerprint density at radius 1 is 1.45 bits per heavy atom. The van der Waals surface area contributed by atoms with Crippen LogP contribution in [0.3, 0.4) is 0 Å². The molecule has 0 spiro atoms. The Bertz CT molecular complexity index is 482. The molecule has 0 aromatic carbocycles. The van der Waals surface area contributed by atoms with Crippen molar-refractivity contribution in [3.63, 3.8) is 0 Å². The number of pyridine rings is 1. The average molecular weight is 321 g/mol. The fraction of sp³-hybridized carbons (Fsp3) is 0.615. The van der Waals surface area contributed by atoms with Crippen molar-refractivity contribution in [3.8, 4) is 0 Å². The van der Waals surface area contributed by atoms with Crippen molar-refractivity contribution in [1.82, 2.24) is 9.29 Å². The third-order valence-corrected chi connectivity index (χ3v) is 5.38. The van der Waals surface area contributed by atoms with Crippen molar-refractivity contribution in [1.29, 1.82) is 0 Å². The lowest BCUT2D eigenvalue weighted by Gasteiger charge is -2.23. The first-order valence-corrected chi connectivity index (χ1v) is 8.56. The first-order valence-electron chi connectivity index (χ1n) is 6.42. The summed E-state index contributed by atoms with van der Waals surface area (Å²) >= 11 is 5.71. The highest BCUT2D eigenvalue weighted by Gasteiger charge is 2.24. The molecule has 7 heteroatoms. The van der Waals surface area contributed by atoms with Crippen molar-refractivity contribution in [3.05, 3.63) is 30.1 Å². The van der Waals surface area contributed by atoms with E-state index in [0.29, 0.717) is 24.7 Å². The molecule has 0 aliphatic carbocycles. The number of ether oxygens (including phenoxy) is 1. The summed E-state index contributed by atoms with van der Waals surface area (Å²) in [7, 11) is -1.83. The Morgan fingerprint density at radius 3 is 2.75 bits per heavy atom. The minimum Gasteiger partial charge on any atom is -0.383 e. The topological polar surface area (TPSA) is 59.5 Å². The zero-order valence-corrected chi connectivity index (χ0v) is 13.4. The summed E-state index contributed by atoms with van der Waals surface area (Å²) < 4.78 is 31.2. The van der Waals surface area contributed by atoms with Crippen LogP contribution in [0.1, 0.15) is 12.6 Å². The third kappa shape index (κ3) is 5.75. The van der Waals surface area contributed by atoms with Gasteiger partial charge in [-0.2, -0.15) is 4.31 Å². The molecule has 1 unspecified atom stereocenters. The normalized spacial score (nSPS) is 13.6. The molecule has 1 aromatic rings. The van der Waals surface area contributed by atoms with Gasteiger partial charge in [-0.1, -0.05) is 13.0 Å².